The lowest BCUT2D eigenvalue weighted by atomic mass is 9.82. The topological polar surface area (TPSA) is 35.2 Å². The van der Waals surface area contributed by atoms with Crippen LogP contribution in [0.1, 0.15) is 24.5 Å². The van der Waals surface area contributed by atoms with E-state index < -0.39 is 5.54 Å². The Kier molecular flexibility index (Phi) is 4.40. The summed E-state index contributed by atoms with van der Waals surface area (Å²) in [6.07, 6.45) is 1.34. The number of hydrogen-bond acceptors (Lipinski definition) is 2. The molecule has 0 radical (unpaired) electrons. The normalized spacial score (nSPS) is 13.8. The van der Waals surface area contributed by atoms with E-state index in [0.29, 0.717) is 24.2 Å². The van der Waals surface area contributed by atoms with Gasteiger partial charge in [0.25, 0.3) is 0 Å². The summed E-state index contributed by atoms with van der Waals surface area (Å²) in [4.78, 5) is 0. The van der Waals surface area contributed by atoms with Gasteiger partial charge < -0.3 is 10.5 Å². The van der Waals surface area contributed by atoms with Crippen LogP contribution in [0, 0.1) is 5.82 Å². The molecule has 0 aliphatic rings. The Morgan fingerprint density at radius 2 is 1.85 bits per heavy atom. The number of hydrogen-bond donors (Lipinski definition) is 1. The maximum Gasteiger partial charge on any atom is 0.124 e. The van der Waals surface area contributed by atoms with Crippen LogP contribution >= 0.6 is 0 Å². The number of benzene rings is 2. The van der Waals surface area contributed by atoms with Crippen molar-refractivity contribution >= 4 is 0 Å². The number of nitrogens with two attached hydrogens (primary N) is 1. The summed E-state index contributed by atoms with van der Waals surface area (Å²) >= 11 is 0. The zero-order valence-electron chi connectivity index (χ0n) is 11.9. The predicted octanol–water partition coefficient (Wildman–Crippen LogP) is 3.64. The maximum atomic E-state index is 13.6. The van der Waals surface area contributed by atoms with Crippen molar-refractivity contribution in [1.29, 1.82) is 0 Å². The van der Waals surface area contributed by atoms with E-state index in [2.05, 4.69) is 0 Å². The quantitative estimate of drug-likeness (QED) is 0.902. The van der Waals surface area contributed by atoms with Gasteiger partial charge in [-0.2, -0.15) is 0 Å². The van der Waals surface area contributed by atoms with E-state index in [9.17, 15) is 4.39 Å². The van der Waals surface area contributed by atoms with Crippen molar-refractivity contribution in [1.82, 2.24) is 0 Å². The second kappa shape index (κ2) is 6.06. The van der Waals surface area contributed by atoms with Crippen LogP contribution in [0.4, 0.5) is 4.39 Å². The van der Waals surface area contributed by atoms with Gasteiger partial charge in [-0.1, -0.05) is 37.3 Å². The summed E-state index contributed by atoms with van der Waals surface area (Å²) in [5, 5.41) is 0. The molecular weight excluding hydrogens is 253 g/mol. The summed E-state index contributed by atoms with van der Waals surface area (Å²) in [7, 11) is 1.58. The molecule has 2 N–H and O–H groups in total. The minimum Gasteiger partial charge on any atom is -0.496 e. The molecule has 1 unspecified atom stereocenters. The highest BCUT2D eigenvalue weighted by molar-refractivity contribution is 5.40. The lowest BCUT2D eigenvalue weighted by Gasteiger charge is -2.30. The van der Waals surface area contributed by atoms with Gasteiger partial charge in [0, 0.05) is 11.1 Å². The van der Waals surface area contributed by atoms with Crippen molar-refractivity contribution in [2.45, 2.75) is 25.3 Å². The summed E-state index contributed by atoms with van der Waals surface area (Å²) in [5.74, 6) is 0.337. The smallest absolute Gasteiger partial charge is 0.124 e. The Labute approximate surface area is 119 Å². The van der Waals surface area contributed by atoms with Crippen molar-refractivity contribution in [3.63, 3.8) is 0 Å². The first-order chi connectivity index (χ1) is 9.59. The zero-order valence-corrected chi connectivity index (χ0v) is 11.9. The molecule has 0 aromatic heterocycles. The first-order valence-electron chi connectivity index (χ1n) is 6.76. The summed E-state index contributed by atoms with van der Waals surface area (Å²) in [5.41, 5.74) is 7.75. The molecule has 0 spiro atoms. The number of ether oxygens (including phenoxy) is 1. The molecular formula is C17H20FNO. The van der Waals surface area contributed by atoms with E-state index in [-0.39, 0.29) is 5.82 Å². The molecule has 0 saturated carbocycles. The molecule has 3 heteroatoms. The molecule has 0 bridgehead atoms. The molecule has 0 heterocycles. The highest BCUT2D eigenvalue weighted by atomic mass is 19.1. The molecule has 20 heavy (non-hydrogen) atoms. The fourth-order valence-electron chi connectivity index (χ4n) is 2.44. The third-order valence-corrected chi connectivity index (χ3v) is 3.69. The summed E-state index contributed by atoms with van der Waals surface area (Å²) in [6, 6.07) is 14.5. The third kappa shape index (κ3) is 2.99. The van der Waals surface area contributed by atoms with E-state index in [0.717, 1.165) is 5.56 Å². The van der Waals surface area contributed by atoms with Crippen LogP contribution in [0.5, 0.6) is 5.75 Å². The number of methoxy groups -OCH3 is 1. The van der Waals surface area contributed by atoms with E-state index in [4.69, 9.17) is 10.5 Å². The Morgan fingerprint density at radius 1 is 1.15 bits per heavy atom. The van der Waals surface area contributed by atoms with Crippen LogP contribution in [0.15, 0.2) is 48.5 Å². The van der Waals surface area contributed by atoms with Crippen LogP contribution in [-0.4, -0.2) is 7.11 Å². The first-order valence-corrected chi connectivity index (χ1v) is 6.76. The number of halogens is 1. The van der Waals surface area contributed by atoms with E-state index >= 15 is 0 Å². The Hall–Kier alpha value is -1.87. The minimum atomic E-state index is -0.644. The molecule has 2 aromatic carbocycles. The molecule has 0 fully saturated rings. The Morgan fingerprint density at radius 3 is 2.45 bits per heavy atom. The summed E-state index contributed by atoms with van der Waals surface area (Å²) < 4.78 is 18.9. The standard InChI is InChI=1S/C17H20FNO/c1-3-17(19,12-13-7-5-4-6-8-13)15-11-14(18)9-10-16(15)20-2/h4-11H,3,12,19H2,1-2H3. The molecule has 0 aliphatic carbocycles. The molecule has 2 rings (SSSR count). The fraction of sp³-hybridized carbons (Fsp3) is 0.294. The van der Waals surface area contributed by atoms with E-state index in [1.54, 1.807) is 13.2 Å². The minimum absolute atomic E-state index is 0.294. The lowest BCUT2D eigenvalue weighted by Crippen LogP contribution is -2.38. The van der Waals surface area contributed by atoms with Gasteiger partial charge in [-0.25, -0.2) is 4.39 Å². The first kappa shape index (κ1) is 14.5. The summed E-state index contributed by atoms with van der Waals surface area (Å²) in [6.45, 7) is 2.01. The second-order valence-electron chi connectivity index (χ2n) is 5.02. The van der Waals surface area contributed by atoms with E-state index in [1.807, 2.05) is 37.3 Å². The molecule has 2 nitrogen and oxygen atoms in total. The van der Waals surface area contributed by atoms with Crippen LogP contribution in [0.3, 0.4) is 0 Å². The predicted molar refractivity (Wildman–Crippen MR) is 79.3 cm³/mol. The largest absolute Gasteiger partial charge is 0.496 e. The average Bonchev–Trinajstić information content (AvgIpc) is 2.48. The molecule has 106 valence electrons. The van der Waals surface area contributed by atoms with Gasteiger partial charge in [0.2, 0.25) is 0 Å². The van der Waals surface area contributed by atoms with Crippen LogP contribution < -0.4 is 10.5 Å². The SMILES string of the molecule is CCC(N)(Cc1ccccc1)c1cc(F)ccc1OC. The van der Waals surface area contributed by atoms with Crippen molar-refractivity contribution < 1.29 is 9.13 Å². The average molecular weight is 273 g/mol. The van der Waals surface area contributed by atoms with Gasteiger partial charge in [-0.15, -0.1) is 0 Å². The van der Waals surface area contributed by atoms with Gasteiger partial charge >= 0.3 is 0 Å². The monoisotopic (exact) mass is 273 g/mol. The highest BCUT2D eigenvalue weighted by Gasteiger charge is 2.29. The van der Waals surface area contributed by atoms with Gasteiger partial charge in [0.15, 0.2) is 0 Å². The zero-order chi connectivity index (χ0) is 14.6. The van der Waals surface area contributed by atoms with Crippen LogP contribution in [0.2, 0.25) is 0 Å². The molecule has 2 aromatic rings. The third-order valence-electron chi connectivity index (χ3n) is 3.69. The molecule has 0 aliphatic heterocycles. The van der Waals surface area contributed by atoms with Crippen molar-refractivity contribution in [2.24, 2.45) is 5.73 Å². The number of rotatable bonds is 5. The van der Waals surface area contributed by atoms with Gasteiger partial charge in [-0.3, -0.25) is 0 Å². The van der Waals surface area contributed by atoms with Crippen molar-refractivity contribution in [3.8, 4) is 5.75 Å². The molecule has 0 amide bonds. The van der Waals surface area contributed by atoms with Crippen molar-refractivity contribution in [3.05, 3.63) is 65.5 Å². The van der Waals surface area contributed by atoms with Crippen LogP contribution in [-0.2, 0) is 12.0 Å². The van der Waals surface area contributed by atoms with Gasteiger partial charge in [-0.05, 0) is 36.6 Å². The van der Waals surface area contributed by atoms with E-state index in [1.165, 1.54) is 12.1 Å². The maximum absolute atomic E-state index is 13.6. The van der Waals surface area contributed by atoms with Gasteiger partial charge in [0.1, 0.15) is 11.6 Å². The van der Waals surface area contributed by atoms with Gasteiger partial charge in [0.05, 0.1) is 7.11 Å². The molecule has 0 saturated heterocycles. The van der Waals surface area contributed by atoms with Crippen molar-refractivity contribution in [2.75, 3.05) is 7.11 Å². The second-order valence-corrected chi connectivity index (χ2v) is 5.02. The fourth-order valence-corrected chi connectivity index (χ4v) is 2.44. The van der Waals surface area contributed by atoms with Crippen LogP contribution in [0.25, 0.3) is 0 Å². The highest BCUT2D eigenvalue weighted by Crippen LogP contribution is 2.34. The lowest BCUT2D eigenvalue weighted by molar-refractivity contribution is 0.365. The Balaban J connectivity index is 2.42. The molecule has 1 atom stereocenters. The Bertz CT molecular complexity index is 570.